The number of likely N-dealkylation sites (tertiary alicyclic amines) is 1. The first-order chi connectivity index (χ1) is 10.8. The Hall–Kier alpha value is -1.36. The first kappa shape index (κ1) is 18.0. The van der Waals surface area contributed by atoms with Crippen molar-refractivity contribution < 1.29 is 0 Å². The van der Waals surface area contributed by atoms with Crippen molar-refractivity contribution in [2.24, 2.45) is 5.92 Å². The zero-order chi connectivity index (χ0) is 15.2. The van der Waals surface area contributed by atoms with Crippen LogP contribution in [0.4, 0.5) is 0 Å². The van der Waals surface area contributed by atoms with Crippen LogP contribution >= 0.6 is 12.4 Å². The van der Waals surface area contributed by atoms with E-state index in [1.54, 1.807) is 0 Å². The Morgan fingerprint density at radius 2 is 1.87 bits per heavy atom. The molecule has 1 aliphatic heterocycles. The van der Waals surface area contributed by atoms with Gasteiger partial charge < -0.3 is 5.32 Å². The van der Waals surface area contributed by atoms with Gasteiger partial charge >= 0.3 is 0 Å². The highest BCUT2D eigenvalue weighted by Crippen LogP contribution is 2.21. The van der Waals surface area contributed by atoms with Crippen LogP contribution in [-0.2, 0) is 6.54 Å². The molecule has 1 aromatic carbocycles. The van der Waals surface area contributed by atoms with Crippen LogP contribution in [0.1, 0.15) is 25.0 Å². The fraction of sp³-hybridized carbons (Fsp3) is 0.500. The van der Waals surface area contributed by atoms with Crippen molar-refractivity contribution in [3.63, 3.8) is 0 Å². The summed E-state index contributed by atoms with van der Waals surface area (Å²) in [7, 11) is 2.04. The summed E-state index contributed by atoms with van der Waals surface area (Å²) >= 11 is 0. The molecule has 0 amide bonds. The van der Waals surface area contributed by atoms with E-state index in [9.17, 15) is 0 Å². The van der Waals surface area contributed by atoms with Gasteiger partial charge in [0.05, 0.1) is 11.4 Å². The summed E-state index contributed by atoms with van der Waals surface area (Å²) in [5, 5.41) is 7.97. The summed E-state index contributed by atoms with van der Waals surface area (Å²) in [6, 6.07) is 12.4. The SMILES string of the molecule is CNCCC1CCN(Cc2ccn(-c3ccccc3)n2)CC1.Cl. The third-order valence-electron chi connectivity index (χ3n) is 4.56. The quantitative estimate of drug-likeness (QED) is 0.881. The molecule has 0 atom stereocenters. The van der Waals surface area contributed by atoms with Crippen LogP contribution in [0.5, 0.6) is 0 Å². The third-order valence-corrected chi connectivity index (χ3v) is 4.56. The summed E-state index contributed by atoms with van der Waals surface area (Å²) in [4.78, 5) is 2.54. The lowest BCUT2D eigenvalue weighted by molar-refractivity contribution is 0.170. The first-order valence-corrected chi connectivity index (χ1v) is 8.32. The second kappa shape index (κ2) is 9.06. The number of piperidine rings is 1. The first-order valence-electron chi connectivity index (χ1n) is 8.32. The maximum absolute atomic E-state index is 4.71. The molecule has 0 spiro atoms. The number of nitrogens with one attached hydrogen (secondary N) is 1. The van der Waals surface area contributed by atoms with Crippen molar-refractivity contribution in [1.82, 2.24) is 20.0 Å². The highest BCUT2D eigenvalue weighted by Gasteiger charge is 2.19. The van der Waals surface area contributed by atoms with Gasteiger partial charge in [0, 0.05) is 12.7 Å². The summed E-state index contributed by atoms with van der Waals surface area (Å²) in [5.41, 5.74) is 2.29. The maximum Gasteiger partial charge on any atom is 0.0769 e. The Kier molecular flexibility index (Phi) is 7.09. The average molecular weight is 335 g/mol. The normalized spacial score (nSPS) is 16.2. The third kappa shape index (κ3) is 5.06. The standard InChI is InChI=1S/C18H26N4.ClH/c1-19-11-7-16-8-12-21(13-9-16)15-17-10-14-22(20-17)18-5-3-2-4-6-18;/h2-6,10,14,16,19H,7-9,11-13,15H2,1H3;1H. The molecule has 126 valence electrons. The summed E-state index contributed by atoms with van der Waals surface area (Å²) in [6.45, 7) is 4.52. The molecular weight excluding hydrogens is 308 g/mol. The van der Waals surface area contributed by atoms with Gasteiger partial charge in [-0.1, -0.05) is 18.2 Å². The number of hydrogen-bond acceptors (Lipinski definition) is 3. The molecule has 1 fully saturated rings. The van der Waals surface area contributed by atoms with Crippen molar-refractivity contribution in [2.45, 2.75) is 25.8 Å². The monoisotopic (exact) mass is 334 g/mol. The Balaban J connectivity index is 0.00000192. The molecule has 2 aromatic rings. The molecule has 0 bridgehead atoms. The van der Waals surface area contributed by atoms with E-state index in [-0.39, 0.29) is 12.4 Å². The minimum Gasteiger partial charge on any atom is -0.320 e. The Bertz CT molecular complexity index is 561. The number of nitrogens with zero attached hydrogens (tertiary/aromatic N) is 3. The van der Waals surface area contributed by atoms with E-state index in [2.05, 4.69) is 34.6 Å². The maximum atomic E-state index is 4.71. The molecule has 0 radical (unpaired) electrons. The van der Waals surface area contributed by atoms with Crippen molar-refractivity contribution in [1.29, 1.82) is 0 Å². The van der Waals surface area contributed by atoms with Crippen LogP contribution in [0, 0.1) is 5.92 Å². The highest BCUT2D eigenvalue weighted by atomic mass is 35.5. The molecule has 2 heterocycles. The van der Waals surface area contributed by atoms with Gasteiger partial charge in [0.15, 0.2) is 0 Å². The summed E-state index contributed by atoms with van der Waals surface area (Å²) in [6.07, 6.45) is 6.01. The molecule has 3 rings (SSSR count). The predicted octanol–water partition coefficient (Wildman–Crippen LogP) is 3.12. The van der Waals surface area contributed by atoms with Crippen LogP contribution in [0.2, 0.25) is 0 Å². The highest BCUT2D eigenvalue weighted by molar-refractivity contribution is 5.85. The van der Waals surface area contributed by atoms with Crippen molar-refractivity contribution >= 4 is 12.4 Å². The molecule has 0 saturated carbocycles. The topological polar surface area (TPSA) is 33.1 Å². The van der Waals surface area contributed by atoms with Crippen molar-refractivity contribution in [3.05, 3.63) is 48.3 Å². The predicted molar refractivity (Wildman–Crippen MR) is 97.4 cm³/mol. The average Bonchev–Trinajstić information content (AvgIpc) is 3.04. The molecule has 1 aliphatic rings. The zero-order valence-electron chi connectivity index (χ0n) is 13.8. The van der Waals surface area contributed by atoms with Gasteiger partial charge in [-0.25, -0.2) is 4.68 Å². The largest absolute Gasteiger partial charge is 0.320 e. The number of halogens is 1. The lowest BCUT2D eigenvalue weighted by Gasteiger charge is -2.31. The van der Waals surface area contributed by atoms with E-state index in [1.165, 1.54) is 32.4 Å². The number of benzene rings is 1. The van der Waals surface area contributed by atoms with E-state index in [4.69, 9.17) is 5.10 Å². The lowest BCUT2D eigenvalue weighted by atomic mass is 9.93. The van der Waals surface area contributed by atoms with E-state index in [1.807, 2.05) is 29.9 Å². The molecular formula is C18H27ClN4. The number of hydrogen-bond donors (Lipinski definition) is 1. The summed E-state index contributed by atoms with van der Waals surface area (Å²) < 4.78 is 1.97. The molecule has 1 N–H and O–H groups in total. The van der Waals surface area contributed by atoms with E-state index in [0.29, 0.717) is 0 Å². The number of rotatable bonds is 6. The summed E-state index contributed by atoms with van der Waals surface area (Å²) in [5.74, 6) is 0.894. The Morgan fingerprint density at radius 1 is 1.13 bits per heavy atom. The fourth-order valence-electron chi connectivity index (χ4n) is 3.18. The van der Waals surface area contributed by atoms with Gasteiger partial charge in [-0.3, -0.25) is 4.90 Å². The van der Waals surface area contributed by atoms with E-state index in [0.717, 1.165) is 30.4 Å². The molecule has 4 nitrogen and oxygen atoms in total. The van der Waals surface area contributed by atoms with E-state index < -0.39 is 0 Å². The van der Waals surface area contributed by atoms with Crippen LogP contribution in [0.15, 0.2) is 42.6 Å². The van der Waals surface area contributed by atoms with Crippen LogP contribution in [0.3, 0.4) is 0 Å². The van der Waals surface area contributed by atoms with Gasteiger partial charge in [0.25, 0.3) is 0 Å². The Morgan fingerprint density at radius 3 is 2.57 bits per heavy atom. The van der Waals surface area contributed by atoms with Gasteiger partial charge in [-0.05, 0) is 70.1 Å². The number of aromatic nitrogens is 2. The molecule has 0 unspecified atom stereocenters. The second-order valence-corrected chi connectivity index (χ2v) is 6.20. The molecule has 5 heteroatoms. The van der Waals surface area contributed by atoms with Gasteiger partial charge in [0.1, 0.15) is 0 Å². The van der Waals surface area contributed by atoms with Crippen LogP contribution < -0.4 is 5.32 Å². The Labute approximate surface area is 145 Å². The lowest BCUT2D eigenvalue weighted by Crippen LogP contribution is -2.34. The fourth-order valence-corrected chi connectivity index (χ4v) is 3.18. The molecule has 0 aliphatic carbocycles. The van der Waals surface area contributed by atoms with Crippen LogP contribution in [0.25, 0.3) is 5.69 Å². The van der Waals surface area contributed by atoms with Gasteiger partial charge in [-0.2, -0.15) is 5.10 Å². The molecule has 1 saturated heterocycles. The minimum absolute atomic E-state index is 0. The van der Waals surface area contributed by atoms with Crippen LogP contribution in [-0.4, -0.2) is 41.4 Å². The smallest absolute Gasteiger partial charge is 0.0769 e. The van der Waals surface area contributed by atoms with Gasteiger partial charge in [-0.15, -0.1) is 12.4 Å². The second-order valence-electron chi connectivity index (χ2n) is 6.20. The number of para-hydroxylation sites is 1. The molecule has 1 aromatic heterocycles. The van der Waals surface area contributed by atoms with E-state index >= 15 is 0 Å². The minimum atomic E-state index is 0. The van der Waals surface area contributed by atoms with Crippen molar-refractivity contribution in [2.75, 3.05) is 26.7 Å². The zero-order valence-corrected chi connectivity index (χ0v) is 14.6. The molecule has 23 heavy (non-hydrogen) atoms. The van der Waals surface area contributed by atoms with Gasteiger partial charge in [0.2, 0.25) is 0 Å². The van der Waals surface area contributed by atoms with Crippen molar-refractivity contribution in [3.8, 4) is 5.69 Å².